The molecule has 0 saturated heterocycles. The van der Waals surface area contributed by atoms with Crippen LogP contribution in [0, 0.1) is 0 Å². The Morgan fingerprint density at radius 3 is 2.50 bits per heavy atom. The number of nitrogens with zero attached hydrogens (tertiary/aromatic N) is 1. The summed E-state index contributed by atoms with van der Waals surface area (Å²) in [7, 11) is -7.19. The van der Waals surface area contributed by atoms with Crippen LogP contribution >= 0.6 is 11.3 Å². The molecule has 13 heteroatoms. The summed E-state index contributed by atoms with van der Waals surface area (Å²) in [4.78, 5) is 16.9. The highest BCUT2D eigenvalue weighted by molar-refractivity contribution is 7.87. The number of benzene rings is 1. The lowest BCUT2D eigenvalue weighted by Crippen LogP contribution is -2.37. The van der Waals surface area contributed by atoms with Gasteiger partial charge in [-0.05, 0) is 37.1 Å². The normalized spacial score (nSPS) is 14.6. The van der Waals surface area contributed by atoms with Gasteiger partial charge in [-0.15, -0.1) is 11.3 Å². The standard InChI is InChI=1S/C15H18N4O6S3/c1-27(21,22)25-12-6-2-10(3-7-12)14(20)18-15-16-8-13(26-15)9-17-28(23,24)19-11-4-5-11/h2-3,6-8,11,17,19H,4-5,9H2,1H3,(H,16,18,20). The topological polar surface area (TPSA) is 144 Å². The van der Waals surface area contributed by atoms with Gasteiger partial charge in [0.05, 0.1) is 6.26 Å². The lowest BCUT2D eigenvalue weighted by atomic mass is 10.2. The number of thiazole rings is 1. The largest absolute Gasteiger partial charge is 0.383 e. The molecule has 0 aliphatic heterocycles. The molecule has 1 aliphatic rings. The molecule has 10 nitrogen and oxygen atoms in total. The number of rotatable bonds is 9. The van der Waals surface area contributed by atoms with E-state index in [1.807, 2.05) is 0 Å². The Kier molecular flexibility index (Phi) is 6.00. The average molecular weight is 447 g/mol. The van der Waals surface area contributed by atoms with E-state index in [9.17, 15) is 21.6 Å². The second kappa shape index (κ2) is 8.13. The van der Waals surface area contributed by atoms with Crippen molar-refractivity contribution in [3.8, 4) is 5.75 Å². The predicted molar refractivity (Wildman–Crippen MR) is 104 cm³/mol. The van der Waals surface area contributed by atoms with Gasteiger partial charge in [0.25, 0.3) is 16.1 Å². The monoisotopic (exact) mass is 446 g/mol. The molecule has 1 aromatic carbocycles. The van der Waals surface area contributed by atoms with Crippen molar-refractivity contribution in [2.24, 2.45) is 0 Å². The number of carbonyl (C=O) groups is 1. The van der Waals surface area contributed by atoms with E-state index in [4.69, 9.17) is 4.18 Å². The van der Waals surface area contributed by atoms with Gasteiger partial charge in [0.1, 0.15) is 5.75 Å². The van der Waals surface area contributed by atoms with E-state index in [0.717, 1.165) is 30.4 Å². The number of hydrogen-bond donors (Lipinski definition) is 3. The summed E-state index contributed by atoms with van der Waals surface area (Å²) >= 11 is 1.14. The molecule has 3 N–H and O–H groups in total. The summed E-state index contributed by atoms with van der Waals surface area (Å²) in [5.41, 5.74) is 0.284. The maximum absolute atomic E-state index is 12.2. The molecule has 152 valence electrons. The highest BCUT2D eigenvalue weighted by atomic mass is 32.2. The highest BCUT2D eigenvalue weighted by Crippen LogP contribution is 2.21. The van der Waals surface area contributed by atoms with Crippen molar-refractivity contribution in [2.75, 3.05) is 11.6 Å². The number of nitrogens with one attached hydrogen (secondary N) is 3. The lowest BCUT2D eigenvalue weighted by Gasteiger charge is -2.05. The molecule has 0 spiro atoms. The first kappa shape index (κ1) is 20.7. The SMILES string of the molecule is CS(=O)(=O)Oc1ccc(C(=O)Nc2ncc(CNS(=O)(=O)NC3CC3)s2)cc1. The zero-order valence-corrected chi connectivity index (χ0v) is 17.2. The van der Waals surface area contributed by atoms with Gasteiger partial charge in [-0.1, -0.05) is 0 Å². The van der Waals surface area contributed by atoms with Gasteiger partial charge < -0.3 is 4.18 Å². The summed E-state index contributed by atoms with van der Waals surface area (Å²) in [6.07, 6.45) is 4.09. The Morgan fingerprint density at radius 1 is 1.21 bits per heavy atom. The third-order valence-electron chi connectivity index (χ3n) is 3.47. The first-order valence-corrected chi connectivity index (χ1v) is 12.2. The molecule has 2 aromatic rings. The maximum atomic E-state index is 12.2. The Bertz CT molecular complexity index is 1060. The number of carbonyl (C=O) groups excluding carboxylic acids is 1. The quantitative estimate of drug-likeness (QED) is 0.484. The summed E-state index contributed by atoms with van der Waals surface area (Å²) in [5.74, 6) is -0.342. The Balaban J connectivity index is 1.54. The minimum Gasteiger partial charge on any atom is -0.383 e. The molecule has 0 unspecified atom stereocenters. The van der Waals surface area contributed by atoms with Crippen LogP contribution in [0.2, 0.25) is 0 Å². The van der Waals surface area contributed by atoms with Gasteiger partial charge in [0.15, 0.2) is 5.13 Å². The summed E-state index contributed by atoms with van der Waals surface area (Å²) in [6.45, 7) is 0.0626. The molecule has 28 heavy (non-hydrogen) atoms. The Hall–Kier alpha value is -2.06. The molecule has 1 amide bonds. The molecule has 0 bridgehead atoms. The number of amides is 1. The van der Waals surface area contributed by atoms with E-state index in [2.05, 4.69) is 19.7 Å². The maximum Gasteiger partial charge on any atom is 0.306 e. The minimum atomic E-state index is -3.64. The third kappa shape index (κ3) is 6.53. The molecule has 1 heterocycles. The van der Waals surface area contributed by atoms with Gasteiger partial charge in [0, 0.05) is 29.2 Å². The van der Waals surface area contributed by atoms with Crippen molar-refractivity contribution in [2.45, 2.75) is 25.4 Å². The van der Waals surface area contributed by atoms with Crippen molar-refractivity contribution in [1.29, 1.82) is 0 Å². The first-order valence-electron chi connectivity index (χ1n) is 8.12. The molecular formula is C15H18N4O6S3. The van der Waals surface area contributed by atoms with Crippen molar-refractivity contribution in [1.82, 2.24) is 14.4 Å². The fourth-order valence-corrected chi connectivity index (χ4v) is 4.48. The number of hydrogen-bond acceptors (Lipinski definition) is 8. The summed E-state index contributed by atoms with van der Waals surface area (Å²) in [6, 6.07) is 5.59. The van der Waals surface area contributed by atoms with Crippen molar-refractivity contribution in [3.63, 3.8) is 0 Å². The van der Waals surface area contributed by atoms with Crippen LogP contribution in [0.5, 0.6) is 5.75 Å². The fourth-order valence-electron chi connectivity index (χ4n) is 2.08. The zero-order valence-electron chi connectivity index (χ0n) is 14.7. The van der Waals surface area contributed by atoms with Gasteiger partial charge in [-0.25, -0.2) is 4.98 Å². The third-order valence-corrected chi connectivity index (χ3v) is 6.05. The van der Waals surface area contributed by atoms with Crippen LogP contribution in [-0.2, 0) is 26.9 Å². The Labute approximate surface area is 166 Å². The average Bonchev–Trinajstić information content (AvgIpc) is 3.27. The second-order valence-electron chi connectivity index (χ2n) is 6.11. The highest BCUT2D eigenvalue weighted by Gasteiger charge is 2.26. The fraction of sp³-hybridized carbons (Fsp3) is 0.333. The van der Waals surface area contributed by atoms with E-state index < -0.39 is 26.2 Å². The number of aromatic nitrogens is 1. The van der Waals surface area contributed by atoms with Crippen LogP contribution in [0.3, 0.4) is 0 Å². The molecule has 0 radical (unpaired) electrons. The Morgan fingerprint density at radius 2 is 1.89 bits per heavy atom. The van der Waals surface area contributed by atoms with Crippen molar-refractivity contribution < 1.29 is 25.8 Å². The van der Waals surface area contributed by atoms with Crippen LogP contribution in [0.1, 0.15) is 28.1 Å². The van der Waals surface area contributed by atoms with E-state index >= 15 is 0 Å². The van der Waals surface area contributed by atoms with Crippen LogP contribution in [-0.4, -0.2) is 40.0 Å². The smallest absolute Gasteiger partial charge is 0.306 e. The first-order chi connectivity index (χ1) is 13.1. The van der Waals surface area contributed by atoms with E-state index in [-0.39, 0.29) is 23.9 Å². The van der Waals surface area contributed by atoms with Crippen molar-refractivity contribution >= 4 is 42.7 Å². The molecule has 1 aromatic heterocycles. The van der Waals surface area contributed by atoms with E-state index in [1.54, 1.807) is 0 Å². The molecule has 3 rings (SSSR count). The summed E-state index contributed by atoms with van der Waals surface area (Å²) in [5, 5.41) is 2.91. The zero-order chi connectivity index (χ0) is 20.4. The molecule has 1 saturated carbocycles. The molecule has 1 fully saturated rings. The van der Waals surface area contributed by atoms with Crippen LogP contribution < -0.4 is 18.9 Å². The minimum absolute atomic E-state index is 0.0167. The van der Waals surface area contributed by atoms with Crippen LogP contribution in [0.25, 0.3) is 0 Å². The molecule has 1 aliphatic carbocycles. The lowest BCUT2D eigenvalue weighted by molar-refractivity contribution is 0.102. The number of anilines is 1. The molecule has 0 atom stereocenters. The van der Waals surface area contributed by atoms with Crippen molar-refractivity contribution in [3.05, 3.63) is 40.9 Å². The van der Waals surface area contributed by atoms with E-state index in [0.29, 0.717) is 10.0 Å². The van der Waals surface area contributed by atoms with E-state index in [1.165, 1.54) is 30.5 Å². The summed E-state index contributed by atoms with van der Waals surface area (Å²) < 4.78 is 55.4. The van der Waals surface area contributed by atoms with Crippen LogP contribution in [0.15, 0.2) is 30.5 Å². The second-order valence-corrected chi connectivity index (χ2v) is 10.3. The molecular weight excluding hydrogens is 428 g/mol. The van der Waals surface area contributed by atoms with Gasteiger partial charge in [0.2, 0.25) is 0 Å². The van der Waals surface area contributed by atoms with Gasteiger partial charge in [-0.2, -0.15) is 26.3 Å². The van der Waals surface area contributed by atoms with Crippen LogP contribution in [0.4, 0.5) is 5.13 Å². The predicted octanol–water partition coefficient (Wildman–Crippen LogP) is 0.820. The van der Waals surface area contributed by atoms with Gasteiger partial charge >= 0.3 is 10.1 Å². The van der Waals surface area contributed by atoms with Gasteiger partial charge in [-0.3, -0.25) is 10.1 Å².